The smallest absolute Gasteiger partial charge is 0.135 e. The maximum absolute atomic E-state index is 11.6. The summed E-state index contributed by atoms with van der Waals surface area (Å²) in [6, 6.07) is 10.5. The minimum atomic E-state index is 0.203. The molecule has 0 aliphatic heterocycles. The van der Waals surface area contributed by atoms with E-state index in [0.29, 0.717) is 18.1 Å². The Morgan fingerprint density at radius 3 is 2.38 bits per heavy atom. The molecule has 0 fully saturated rings. The highest BCUT2D eigenvalue weighted by atomic mass is 16.1. The summed E-state index contributed by atoms with van der Waals surface area (Å²) in [6.45, 7) is 6.19. The lowest BCUT2D eigenvalue weighted by molar-refractivity contribution is -0.123. The van der Waals surface area contributed by atoms with E-state index in [2.05, 4.69) is 38.1 Å². The fraction of sp³-hybridized carbons (Fsp3) is 0.533. The van der Waals surface area contributed by atoms with Crippen LogP contribution in [0.2, 0.25) is 0 Å². The first-order valence-corrected chi connectivity index (χ1v) is 6.21. The van der Waals surface area contributed by atoms with Gasteiger partial charge < -0.3 is 0 Å². The van der Waals surface area contributed by atoms with Crippen LogP contribution >= 0.6 is 0 Å². The van der Waals surface area contributed by atoms with Crippen LogP contribution in [0.15, 0.2) is 30.3 Å². The zero-order valence-corrected chi connectivity index (χ0v) is 10.6. The van der Waals surface area contributed by atoms with Crippen LogP contribution in [-0.2, 0) is 11.2 Å². The van der Waals surface area contributed by atoms with Gasteiger partial charge in [-0.1, -0.05) is 51.1 Å². The minimum absolute atomic E-state index is 0.203. The van der Waals surface area contributed by atoms with Crippen LogP contribution in [0.5, 0.6) is 0 Å². The van der Waals surface area contributed by atoms with E-state index in [4.69, 9.17) is 0 Å². The highest BCUT2D eigenvalue weighted by Crippen LogP contribution is 2.19. The molecule has 1 nitrogen and oxygen atoms in total. The zero-order valence-electron chi connectivity index (χ0n) is 10.6. The van der Waals surface area contributed by atoms with E-state index in [1.807, 2.05) is 13.0 Å². The van der Waals surface area contributed by atoms with Gasteiger partial charge in [-0.15, -0.1) is 0 Å². The summed E-state index contributed by atoms with van der Waals surface area (Å²) < 4.78 is 0. The topological polar surface area (TPSA) is 17.1 Å². The molecular formula is C15H22O. The van der Waals surface area contributed by atoms with Crippen LogP contribution in [0.4, 0.5) is 0 Å². The van der Waals surface area contributed by atoms with Gasteiger partial charge in [0.25, 0.3) is 0 Å². The van der Waals surface area contributed by atoms with Gasteiger partial charge in [0.15, 0.2) is 0 Å². The molecule has 0 spiro atoms. The van der Waals surface area contributed by atoms with Crippen molar-refractivity contribution in [2.45, 2.75) is 40.0 Å². The summed E-state index contributed by atoms with van der Waals surface area (Å²) in [5.41, 5.74) is 1.37. The SMILES string of the molecule is CCC(=O)[C@H](C)[C@@H](C)CCc1ccccc1. The summed E-state index contributed by atoms with van der Waals surface area (Å²) in [5.74, 6) is 1.07. The number of benzene rings is 1. The second kappa shape index (κ2) is 6.47. The maximum atomic E-state index is 11.6. The number of rotatable bonds is 6. The molecule has 0 radical (unpaired) electrons. The van der Waals surface area contributed by atoms with Crippen LogP contribution in [0, 0.1) is 11.8 Å². The van der Waals surface area contributed by atoms with Crippen LogP contribution < -0.4 is 0 Å². The van der Waals surface area contributed by atoms with Gasteiger partial charge in [-0.25, -0.2) is 0 Å². The number of Topliss-reactive ketones (excluding diaryl/α,β-unsaturated/α-hetero) is 1. The Kier molecular flexibility index (Phi) is 5.24. The molecule has 0 heterocycles. The monoisotopic (exact) mass is 218 g/mol. The van der Waals surface area contributed by atoms with Gasteiger partial charge >= 0.3 is 0 Å². The summed E-state index contributed by atoms with van der Waals surface area (Å²) in [6.07, 6.45) is 2.83. The molecule has 0 saturated heterocycles. The molecule has 88 valence electrons. The van der Waals surface area contributed by atoms with Crippen molar-refractivity contribution in [3.8, 4) is 0 Å². The molecule has 0 N–H and O–H groups in total. The van der Waals surface area contributed by atoms with Crippen molar-refractivity contribution in [2.75, 3.05) is 0 Å². The Morgan fingerprint density at radius 1 is 1.19 bits per heavy atom. The van der Waals surface area contributed by atoms with Crippen molar-refractivity contribution < 1.29 is 4.79 Å². The summed E-state index contributed by atoms with van der Waals surface area (Å²) >= 11 is 0. The highest BCUT2D eigenvalue weighted by Gasteiger charge is 2.17. The lowest BCUT2D eigenvalue weighted by atomic mass is 9.86. The predicted molar refractivity (Wildman–Crippen MR) is 68.4 cm³/mol. The summed E-state index contributed by atoms with van der Waals surface area (Å²) in [7, 11) is 0. The number of carbonyl (C=O) groups is 1. The molecule has 0 bridgehead atoms. The van der Waals surface area contributed by atoms with Crippen LogP contribution in [-0.4, -0.2) is 5.78 Å². The molecule has 1 aromatic rings. The molecule has 1 heteroatoms. The van der Waals surface area contributed by atoms with Gasteiger partial charge in [0.2, 0.25) is 0 Å². The second-order valence-electron chi connectivity index (χ2n) is 4.61. The Labute approximate surface area is 98.9 Å². The third-order valence-corrected chi connectivity index (χ3v) is 3.44. The third-order valence-electron chi connectivity index (χ3n) is 3.44. The highest BCUT2D eigenvalue weighted by molar-refractivity contribution is 5.80. The molecule has 2 atom stereocenters. The van der Waals surface area contributed by atoms with E-state index < -0.39 is 0 Å². The molecule has 1 aromatic carbocycles. The van der Waals surface area contributed by atoms with Gasteiger partial charge in [-0.3, -0.25) is 4.79 Å². The van der Waals surface area contributed by atoms with Gasteiger partial charge in [-0.2, -0.15) is 0 Å². The maximum Gasteiger partial charge on any atom is 0.135 e. The summed E-state index contributed by atoms with van der Waals surface area (Å²) in [5, 5.41) is 0. The van der Waals surface area contributed by atoms with Crippen molar-refractivity contribution in [3.63, 3.8) is 0 Å². The van der Waals surface area contributed by atoms with Gasteiger partial charge in [0.05, 0.1) is 0 Å². The first-order valence-electron chi connectivity index (χ1n) is 6.21. The molecule has 1 rings (SSSR count). The van der Waals surface area contributed by atoms with E-state index in [1.54, 1.807) is 0 Å². The van der Waals surface area contributed by atoms with E-state index in [9.17, 15) is 4.79 Å². The molecule has 0 saturated carbocycles. The number of ketones is 1. The van der Waals surface area contributed by atoms with Crippen molar-refractivity contribution in [2.24, 2.45) is 11.8 Å². The third kappa shape index (κ3) is 3.80. The Balaban J connectivity index is 2.41. The number of hydrogen-bond donors (Lipinski definition) is 0. The normalized spacial score (nSPS) is 14.4. The van der Waals surface area contributed by atoms with Crippen LogP contribution in [0.25, 0.3) is 0 Å². The van der Waals surface area contributed by atoms with E-state index >= 15 is 0 Å². The van der Waals surface area contributed by atoms with Crippen molar-refractivity contribution in [1.82, 2.24) is 0 Å². The largest absolute Gasteiger partial charge is 0.299 e. The Morgan fingerprint density at radius 2 is 1.81 bits per heavy atom. The second-order valence-corrected chi connectivity index (χ2v) is 4.61. The lowest BCUT2D eigenvalue weighted by Gasteiger charge is -2.18. The van der Waals surface area contributed by atoms with E-state index in [1.165, 1.54) is 5.56 Å². The van der Waals surface area contributed by atoms with Crippen molar-refractivity contribution in [3.05, 3.63) is 35.9 Å². The van der Waals surface area contributed by atoms with Crippen molar-refractivity contribution in [1.29, 1.82) is 0 Å². The molecule has 0 amide bonds. The first kappa shape index (κ1) is 13.0. The predicted octanol–water partition coefficient (Wildman–Crippen LogP) is 3.87. The van der Waals surface area contributed by atoms with Gasteiger partial charge in [-0.05, 0) is 24.3 Å². The minimum Gasteiger partial charge on any atom is -0.299 e. The standard InChI is InChI=1S/C15H22O/c1-4-15(16)13(3)12(2)10-11-14-8-6-5-7-9-14/h5-9,12-13H,4,10-11H2,1-3H3/t12-,13+/m0/s1. The number of aryl methyl sites for hydroxylation is 1. The number of carbonyl (C=O) groups excluding carboxylic acids is 1. The lowest BCUT2D eigenvalue weighted by Crippen LogP contribution is -2.18. The average molecular weight is 218 g/mol. The van der Waals surface area contributed by atoms with Crippen molar-refractivity contribution >= 4 is 5.78 Å². The fourth-order valence-corrected chi connectivity index (χ4v) is 1.93. The molecule has 16 heavy (non-hydrogen) atoms. The van der Waals surface area contributed by atoms with E-state index in [-0.39, 0.29) is 5.92 Å². The molecule has 0 unspecified atom stereocenters. The Hall–Kier alpha value is -1.11. The molecule has 0 aliphatic carbocycles. The van der Waals surface area contributed by atoms with Crippen LogP contribution in [0.1, 0.15) is 39.2 Å². The fourth-order valence-electron chi connectivity index (χ4n) is 1.93. The molecule has 0 aliphatic rings. The quantitative estimate of drug-likeness (QED) is 0.708. The van der Waals surface area contributed by atoms with Gasteiger partial charge in [0, 0.05) is 12.3 Å². The zero-order chi connectivity index (χ0) is 12.0. The van der Waals surface area contributed by atoms with Gasteiger partial charge in [0.1, 0.15) is 5.78 Å². The summed E-state index contributed by atoms with van der Waals surface area (Å²) in [4.78, 5) is 11.6. The average Bonchev–Trinajstić information content (AvgIpc) is 2.35. The molecule has 0 aromatic heterocycles. The first-order chi connectivity index (χ1) is 7.65. The number of hydrogen-bond acceptors (Lipinski definition) is 1. The Bertz CT molecular complexity index is 315. The van der Waals surface area contributed by atoms with E-state index in [0.717, 1.165) is 12.8 Å². The van der Waals surface area contributed by atoms with Crippen LogP contribution in [0.3, 0.4) is 0 Å². The molecular weight excluding hydrogens is 196 g/mol.